The van der Waals surface area contributed by atoms with Gasteiger partial charge in [-0.05, 0) is 31.0 Å². The summed E-state index contributed by atoms with van der Waals surface area (Å²) in [7, 11) is 0. The highest BCUT2D eigenvalue weighted by Gasteiger charge is 2.21. The number of benzene rings is 1. The summed E-state index contributed by atoms with van der Waals surface area (Å²) in [5, 5.41) is 11.5. The van der Waals surface area contributed by atoms with Gasteiger partial charge in [0, 0.05) is 25.2 Å². The maximum absolute atomic E-state index is 12.2. The fourth-order valence-electron chi connectivity index (χ4n) is 2.26. The van der Waals surface area contributed by atoms with E-state index in [1.807, 2.05) is 25.1 Å². The Morgan fingerprint density at radius 2 is 2.29 bits per heavy atom. The number of carbonyl (C=O) groups is 2. The zero-order valence-electron chi connectivity index (χ0n) is 12.0. The molecule has 2 N–H and O–H groups in total. The molecule has 1 fully saturated rings. The van der Waals surface area contributed by atoms with E-state index in [-0.39, 0.29) is 18.6 Å². The van der Waals surface area contributed by atoms with Crippen molar-refractivity contribution >= 4 is 17.7 Å². The van der Waals surface area contributed by atoms with E-state index in [9.17, 15) is 9.59 Å². The van der Waals surface area contributed by atoms with Gasteiger partial charge >= 0.3 is 12.0 Å². The van der Waals surface area contributed by atoms with E-state index in [4.69, 9.17) is 9.84 Å². The van der Waals surface area contributed by atoms with Crippen LogP contribution in [0.1, 0.15) is 18.9 Å². The third kappa shape index (κ3) is 4.75. The zero-order valence-corrected chi connectivity index (χ0v) is 12.0. The number of nitrogens with zero attached hydrogens (tertiary/aromatic N) is 1. The lowest BCUT2D eigenvalue weighted by molar-refractivity contribution is -0.136. The minimum absolute atomic E-state index is 0.0476. The molecule has 1 aliphatic heterocycles. The third-order valence-electron chi connectivity index (χ3n) is 3.33. The number of urea groups is 1. The highest BCUT2D eigenvalue weighted by atomic mass is 16.5. The summed E-state index contributed by atoms with van der Waals surface area (Å²) < 4.78 is 5.40. The number of morpholine rings is 1. The largest absolute Gasteiger partial charge is 0.481 e. The monoisotopic (exact) mass is 292 g/mol. The van der Waals surface area contributed by atoms with E-state index >= 15 is 0 Å². The standard InChI is InChI=1S/C15H20N2O4/c1-11-10-17(7-8-21-11)15(20)16-13-4-2-3-12(9-13)5-6-14(18)19/h2-4,9,11H,5-8,10H2,1H3,(H,16,20)(H,18,19). The van der Waals surface area contributed by atoms with Gasteiger partial charge in [0.15, 0.2) is 0 Å². The Morgan fingerprint density at radius 3 is 3.00 bits per heavy atom. The Hall–Kier alpha value is -2.08. The van der Waals surface area contributed by atoms with Gasteiger partial charge in [0.2, 0.25) is 0 Å². The second-order valence-electron chi connectivity index (χ2n) is 5.15. The van der Waals surface area contributed by atoms with Crippen molar-refractivity contribution in [3.63, 3.8) is 0 Å². The zero-order chi connectivity index (χ0) is 15.2. The summed E-state index contributed by atoms with van der Waals surface area (Å²) in [6.07, 6.45) is 0.581. The topological polar surface area (TPSA) is 78.9 Å². The molecule has 1 aromatic carbocycles. The highest BCUT2D eigenvalue weighted by molar-refractivity contribution is 5.89. The molecule has 0 aromatic heterocycles. The van der Waals surface area contributed by atoms with Crippen molar-refractivity contribution in [1.82, 2.24) is 4.90 Å². The first-order valence-corrected chi connectivity index (χ1v) is 7.03. The van der Waals surface area contributed by atoms with Gasteiger partial charge in [-0.25, -0.2) is 4.79 Å². The summed E-state index contributed by atoms with van der Waals surface area (Å²) in [6.45, 7) is 3.64. The van der Waals surface area contributed by atoms with E-state index in [0.717, 1.165) is 5.56 Å². The average molecular weight is 292 g/mol. The Bertz CT molecular complexity index is 518. The van der Waals surface area contributed by atoms with Gasteiger partial charge in [0.25, 0.3) is 0 Å². The van der Waals surface area contributed by atoms with Crippen molar-refractivity contribution in [3.05, 3.63) is 29.8 Å². The number of amides is 2. The van der Waals surface area contributed by atoms with Crippen LogP contribution >= 0.6 is 0 Å². The number of anilines is 1. The van der Waals surface area contributed by atoms with Crippen molar-refractivity contribution in [2.24, 2.45) is 0 Å². The summed E-state index contributed by atoms with van der Waals surface area (Å²) in [4.78, 5) is 24.5. The lowest BCUT2D eigenvalue weighted by Crippen LogP contribution is -2.46. The Kier molecular flexibility index (Phi) is 5.16. The van der Waals surface area contributed by atoms with Crippen LogP contribution in [0, 0.1) is 0 Å². The minimum Gasteiger partial charge on any atom is -0.481 e. The number of rotatable bonds is 4. The van der Waals surface area contributed by atoms with Crippen LogP contribution < -0.4 is 5.32 Å². The fourth-order valence-corrected chi connectivity index (χ4v) is 2.26. The van der Waals surface area contributed by atoms with Crippen LogP contribution in [0.15, 0.2) is 24.3 Å². The lowest BCUT2D eigenvalue weighted by atomic mass is 10.1. The smallest absolute Gasteiger partial charge is 0.322 e. The molecule has 2 rings (SSSR count). The SMILES string of the molecule is CC1CN(C(=O)Nc2cccc(CCC(=O)O)c2)CCO1. The first kappa shape index (κ1) is 15.3. The van der Waals surface area contributed by atoms with Crippen LogP contribution in [-0.2, 0) is 16.0 Å². The molecule has 0 bridgehead atoms. The summed E-state index contributed by atoms with van der Waals surface area (Å²) in [5.41, 5.74) is 1.58. The van der Waals surface area contributed by atoms with Crippen LogP contribution in [0.4, 0.5) is 10.5 Å². The second-order valence-corrected chi connectivity index (χ2v) is 5.15. The van der Waals surface area contributed by atoms with Crippen LogP contribution in [0.5, 0.6) is 0 Å². The van der Waals surface area contributed by atoms with E-state index < -0.39 is 5.97 Å². The number of ether oxygens (including phenoxy) is 1. The first-order valence-electron chi connectivity index (χ1n) is 7.03. The van der Waals surface area contributed by atoms with E-state index in [2.05, 4.69) is 5.32 Å². The van der Waals surface area contributed by atoms with Gasteiger partial charge < -0.3 is 20.1 Å². The second kappa shape index (κ2) is 7.08. The molecule has 0 spiro atoms. The van der Waals surface area contributed by atoms with Gasteiger partial charge in [0.1, 0.15) is 0 Å². The van der Waals surface area contributed by atoms with E-state index in [1.54, 1.807) is 11.0 Å². The van der Waals surface area contributed by atoms with Crippen LogP contribution in [0.25, 0.3) is 0 Å². The maximum atomic E-state index is 12.2. The molecule has 2 amide bonds. The van der Waals surface area contributed by atoms with Crippen LogP contribution in [0.3, 0.4) is 0 Å². The number of carbonyl (C=O) groups excluding carboxylic acids is 1. The highest BCUT2D eigenvalue weighted by Crippen LogP contribution is 2.14. The predicted octanol–water partition coefficient (Wildman–Crippen LogP) is 1.96. The fraction of sp³-hybridized carbons (Fsp3) is 0.467. The predicted molar refractivity (Wildman–Crippen MR) is 78.4 cm³/mol. The number of carboxylic acids is 1. The molecule has 1 aromatic rings. The first-order chi connectivity index (χ1) is 10.0. The molecule has 1 unspecified atom stereocenters. The molecule has 6 heteroatoms. The summed E-state index contributed by atoms with van der Waals surface area (Å²) in [5.74, 6) is -0.827. The molecule has 114 valence electrons. The van der Waals surface area contributed by atoms with Crippen molar-refractivity contribution in [2.75, 3.05) is 25.0 Å². The molecule has 6 nitrogen and oxygen atoms in total. The molecule has 21 heavy (non-hydrogen) atoms. The number of hydrogen-bond donors (Lipinski definition) is 2. The van der Waals surface area contributed by atoms with Gasteiger partial charge in [-0.2, -0.15) is 0 Å². The molecule has 1 heterocycles. The van der Waals surface area contributed by atoms with Crippen LogP contribution in [-0.4, -0.2) is 47.8 Å². The lowest BCUT2D eigenvalue weighted by Gasteiger charge is -2.31. The van der Waals surface area contributed by atoms with E-state index in [0.29, 0.717) is 31.8 Å². The summed E-state index contributed by atoms with van der Waals surface area (Å²) >= 11 is 0. The van der Waals surface area contributed by atoms with Gasteiger partial charge in [-0.3, -0.25) is 4.79 Å². The number of nitrogens with one attached hydrogen (secondary N) is 1. The minimum atomic E-state index is -0.827. The van der Waals surface area contributed by atoms with Crippen molar-refractivity contribution < 1.29 is 19.4 Å². The quantitative estimate of drug-likeness (QED) is 0.889. The van der Waals surface area contributed by atoms with Crippen molar-refractivity contribution in [1.29, 1.82) is 0 Å². The normalized spacial score (nSPS) is 18.3. The van der Waals surface area contributed by atoms with Crippen molar-refractivity contribution in [3.8, 4) is 0 Å². The summed E-state index contributed by atoms with van der Waals surface area (Å²) in [6, 6.07) is 7.13. The van der Waals surface area contributed by atoms with Gasteiger partial charge in [-0.15, -0.1) is 0 Å². The average Bonchev–Trinajstić information content (AvgIpc) is 2.45. The molecule has 0 aliphatic carbocycles. The Balaban J connectivity index is 1.94. The molecule has 1 saturated heterocycles. The van der Waals surface area contributed by atoms with Crippen LogP contribution in [0.2, 0.25) is 0 Å². The number of aryl methyl sites for hydroxylation is 1. The molecule has 0 radical (unpaired) electrons. The maximum Gasteiger partial charge on any atom is 0.322 e. The molecule has 1 aliphatic rings. The van der Waals surface area contributed by atoms with Gasteiger partial charge in [-0.1, -0.05) is 12.1 Å². The Morgan fingerprint density at radius 1 is 1.48 bits per heavy atom. The molecular weight excluding hydrogens is 272 g/mol. The molecule has 1 atom stereocenters. The number of hydrogen-bond acceptors (Lipinski definition) is 3. The molecule has 0 saturated carbocycles. The van der Waals surface area contributed by atoms with E-state index in [1.165, 1.54) is 0 Å². The van der Waals surface area contributed by atoms with Crippen molar-refractivity contribution in [2.45, 2.75) is 25.9 Å². The molecular formula is C15H20N2O4. The van der Waals surface area contributed by atoms with Gasteiger partial charge in [0.05, 0.1) is 12.7 Å². The Labute approximate surface area is 123 Å². The number of carboxylic acid groups (broad SMARTS) is 1. The third-order valence-corrected chi connectivity index (χ3v) is 3.33. The number of aliphatic carboxylic acids is 1.